The first kappa shape index (κ1) is 12.5. The Balaban J connectivity index is 2.18. The molecule has 0 saturated carbocycles. The Morgan fingerprint density at radius 3 is 2.72 bits per heavy atom. The summed E-state index contributed by atoms with van der Waals surface area (Å²) < 4.78 is 4.90. The Kier molecular flexibility index (Phi) is 3.88. The van der Waals surface area contributed by atoms with Gasteiger partial charge in [-0.2, -0.15) is 0 Å². The number of nitrogens with zero attached hydrogens (tertiary/aromatic N) is 3. The number of amides is 1. The summed E-state index contributed by atoms with van der Waals surface area (Å²) in [5, 5.41) is 9.36. The summed E-state index contributed by atoms with van der Waals surface area (Å²) in [6, 6.07) is 9.72. The van der Waals surface area contributed by atoms with E-state index in [0.717, 1.165) is 10.6 Å². The Morgan fingerprint density at radius 1 is 1.33 bits per heavy atom. The SMILES string of the molecule is CCOC(=O)N(C)c1nnc(-c2ccccc2)s1. The van der Waals surface area contributed by atoms with E-state index in [-0.39, 0.29) is 0 Å². The second-order valence-electron chi connectivity index (χ2n) is 3.51. The summed E-state index contributed by atoms with van der Waals surface area (Å²) in [6.07, 6.45) is -0.423. The van der Waals surface area contributed by atoms with Gasteiger partial charge in [0.15, 0.2) is 0 Å². The highest BCUT2D eigenvalue weighted by Gasteiger charge is 2.16. The van der Waals surface area contributed by atoms with Gasteiger partial charge in [-0.1, -0.05) is 41.7 Å². The summed E-state index contributed by atoms with van der Waals surface area (Å²) in [5.41, 5.74) is 0.985. The van der Waals surface area contributed by atoms with Crippen molar-refractivity contribution in [2.45, 2.75) is 6.92 Å². The van der Waals surface area contributed by atoms with Crippen molar-refractivity contribution < 1.29 is 9.53 Å². The lowest BCUT2D eigenvalue weighted by molar-refractivity contribution is 0.161. The van der Waals surface area contributed by atoms with Crippen LogP contribution in [0.5, 0.6) is 0 Å². The van der Waals surface area contributed by atoms with Crippen LogP contribution in [0.1, 0.15) is 6.92 Å². The van der Waals surface area contributed by atoms with Gasteiger partial charge in [-0.25, -0.2) is 4.79 Å². The van der Waals surface area contributed by atoms with Gasteiger partial charge >= 0.3 is 6.09 Å². The standard InChI is InChI=1S/C12H13N3O2S/c1-3-17-12(16)15(2)11-14-13-10(18-11)9-7-5-4-6-8-9/h4-8H,3H2,1-2H3. The van der Waals surface area contributed by atoms with Crippen molar-refractivity contribution >= 4 is 22.6 Å². The van der Waals surface area contributed by atoms with E-state index in [9.17, 15) is 4.79 Å². The van der Waals surface area contributed by atoms with Crippen molar-refractivity contribution in [1.82, 2.24) is 10.2 Å². The number of hydrogen-bond acceptors (Lipinski definition) is 5. The fraction of sp³-hybridized carbons (Fsp3) is 0.250. The van der Waals surface area contributed by atoms with Crippen molar-refractivity contribution in [2.24, 2.45) is 0 Å². The van der Waals surface area contributed by atoms with Crippen LogP contribution in [0.25, 0.3) is 10.6 Å². The lowest BCUT2D eigenvalue weighted by Crippen LogP contribution is -2.26. The van der Waals surface area contributed by atoms with Gasteiger partial charge in [-0.05, 0) is 6.92 Å². The van der Waals surface area contributed by atoms with Crippen LogP contribution in [0.15, 0.2) is 30.3 Å². The smallest absolute Gasteiger partial charge is 0.415 e. The molecule has 0 aliphatic rings. The van der Waals surface area contributed by atoms with E-state index in [0.29, 0.717) is 11.7 Å². The summed E-state index contributed by atoms with van der Waals surface area (Å²) in [4.78, 5) is 12.9. The quantitative estimate of drug-likeness (QED) is 0.854. The van der Waals surface area contributed by atoms with Gasteiger partial charge in [-0.15, -0.1) is 10.2 Å². The molecule has 2 rings (SSSR count). The fourth-order valence-electron chi connectivity index (χ4n) is 1.35. The second-order valence-corrected chi connectivity index (χ2v) is 4.47. The molecular formula is C12H13N3O2S. The van der Waals surface area contributed by atoms with E-state index < -0.39 is 6.09 Å². The van der Waals surface area contributed by atoms with Crippen LogP contribution in [0, 0.1) is 0 Å². The number of rotatable bonds is 3. The molecule has 0 bridgehead atoms. The minimum Gasteiger partial charge on any atom is -0.449 e. The maximum atomic E-state index is 11.5. The van der Waals surface area contributed by atoms with Gasteiger partial charge in [0, 0.05) is 12.6 Å². The van der Waals surface area contributed by atoms with Crippen LogP contribution < -0.4 is 4.90 Å². The number of ether oxygens (including phenoxy) is 1. The Hall–Kier alpha value is -1.95. The zero-order chi connectivity index (χ0) is 13.0. The van der Waals surface area contributed by atoms with E-state index in [1.807, 2.05) is 30.3 Å². The van der Waals surface area contributed by atoms with E-state index in [2.05, 4.69) is 10.2 Å². The van der Waals surface area contributed by atoms with Gasteiger partial charge in [0.25, 0.3) is 0 Å². The highest BCUT2D eigenvalue weighted by molar-refractivity contribution is 7.18. The van der Waals surface area contributed by atoms with Crippen LogP contribution in [0.2, 0.25) is 0 Å². The number of carbonyl (C=O) groups is 1. The van der Waals surface area contributed by atoms with Gasteiger partial charge in [0.1, 0.15) is 5.01 Å². The van der Waals surface area contributed by atoms with Crippen molar-refractivity contribution in [1.29, 1.82) is 0 Å². The van der Waals surface area contributed by atoms with E-state index >= 15 is 0 Å². The molecule has 0 saturated heterocycles. The first-order valence-corrected chi connectivity index (χ1v) is 6.33. The molecule has 0 atom stereocenters. The average molecular weight is 263 g/mol. The van der Waals surface area contributed by atoms with Crippen LogP contribution >= 0.6 is 11.3 Å². The van der Waals surface area contributed by atoms with Gasteiger partial charge in [-0.3, -0.25) is 4.90 Å². The van der Waals surface area contributed by atoms with Gasteiger partial charge in [0.05, 0.1) is 6.61 Å². The third kappa shape index (κ3) is 2.65. The van der Waals surface area contributed by atoms with Gasteiger partial charge < -0.3 is 4.74 Å². The summed E-state index contributed by atoms with van der Waals surface area (Å²) in [7, 11) is 1.62. The average Bonchev–Trinajstić information content (AvgIpc) is 2.89. The van der Waals surface area contributed by atoms with E-state index in [1.54, 1.807) is 14.0 Å². The fourth-order valence-corrected chi connectivity index (χ4v) is 2.15. The van der Waals surface area contributed by atoms with E-state index in [1.165, 1.54) is 16.2 Å². The third-order valence-corrected chi connectivity index (χ3v) is 3.31. The summed E-state index contributed by atoms with van der Waals surface area (Å²) >= 11 is 1.35. The lowest BCUT2D eigenvalue weighted by atomic mass is 10.2. The predicted octanol–water partition coefficient (Wildman–Crippen LogP) is 2.80. The van der Waals surface area contributed by atoms with Crippen molar-refractivity contribution in [3.05, 3.63) is 30.3 Å². The van der Waals surface area contributed by atoms with Crippen LogP contribution in [-0.2, 0) is 4.74 Å². The third-order valence-electron chi connectivity index (χ3n) is 2.26. The maximum Gasteiger partial charge on any atom is 0.415 e. The largest absolute Gasteiger partial charge is 0.449 e. The number of carbonyl (C=O) groups excluding carboxylic acids is 1. The molecule has 1 heterocycles. The highest BCUT2D eigenvalue weighted by atomic mass is 32.1. The number of benzene rings is 1. The predicted molar refractivity (Wildman–Crippen MR) is 70.8 cm³/mol. The molecule has 1 aromatic heterocycles. The lowest BCUT2D eigenvalue weighted by Gasteiger charge is -2.11. The molecule has 0 aliphatic carbocycles. The Labute approximate surface area is 109 Å². The molecule has 5 nitrogen and oxygen atoms in total. The second kappa shape index (κ2) is 5.59. The van der Waals surface area contributed by atoms with Crippen LogP contribution in [0.3, 0.4) is 0 Å². The first-order chi connectivity index (χ1) is 8.72. The summed E-state index contributed by atoms with van der Waals surface area (Å²) in [6.45, 7) is 2.11. The molecule has 0 unspecified atom stereocenters. The van der Waals surface area contributed by atoms with Crippen LogP contribution in [0.4, 0.5) is 9.93 Å². The minimum absolute atomic E-state index is 0.341. The zero-order valence-electron chi connectivity index (χ0n) is 10.2. The normalized spacial score (nSPS) is 10.1. The molecule has 18 heavy (non-hydrogen) atoms. The molecule has 0 N–H and O–H groups in total. The molecule has 1 amide bonds. The molecular weight excluding hydrogens is 250 g/mol. The van der Waals surface area contributed by atoms with Crippen molar-refractivity contribution in [2.75, 3.05) is 18.6 Å². The van der Waals surface area contributed by atoms with E-state index in [4.69, 9.17) is 4.74 Å². The molecule has 1 aromatic carbocycles. The van der Waals surface area contributed by atoms with Crippen LogP contribution in [-0.4, -0.2) is 29.9 Å². The van der Waals surface area contributed by atoms with Gasteiger partial charge in [0.2, 0.25) is 5.13 Å². The number of anilines is 1. The molecule has 0 aliphatic heterocycles. The van der Waals surface area contributed by atoms with Crippen molar-refractivity contribution in [3.63, 3.8) is 0 Å². The molecule has 0 spiro atoms. The molecule has 6 heteroatoms. The molecule has 0 fully saturated rings. The molecule has 0 radical (unpaired) electrons. The minimum atomic E-state index is -0.423. The number of aromatic nitrogens is 2. The van der Waals surface area contributed by atoms with Crippen molar-refractivity contribution in [3.8, 4) is 10.6 Å². The topological polar surface area (TPSA) is 55.3 Å². The molecule has 94 valence electrons. The highest BCUT2D eigenvalue weighted by Crippen LogP contribution is 2.27. The number of hydrogen-bond donors (Lipinski definition) is 0. The maximum absolute atomic E-state index is 11.5. The Bertz CT molecular complexity index is 527. The summed E-state index contributed by atoms with van der Waals surface area (Å²) in [5.74, 6) is 0. The molecule has 2 aromatic rings. The zero-order valence-corrected chi connectivity index (χ0v) is 11.0. The monoisotopic (exact) mass is 263 g/mol. The first-order valence-electron chi connectivity index (χ1n) is 5.51. The Morgan fingerprint density at radius 2 is 2.06 bits per heavy atom.